The third-order valence-electron chi connectivity index (χ3n) is 3.23. The fourth-order valence-electron chi connectivity index (χ4n) is 2.18. The highest BCUT2D eigenvalue weighted by Gasteiger charge is 2.35. The number of anilines is 1. The third kappa shape index (κ3) is 3.21. The number of hydrogen-bond donors (Lipinski definition) is 2. The van der Waals surface area contributed by atoms with E-state index >= 15 is 0 Å². The monoisotopic (exact) mass is 304 g/mol. The molecule has 3 N–H and O–H groups in total. The number of aliphatic hydroxyl groups is 1. The van der Waals surface area contributed by atoms with E-state index in [9.17, 15) is 13.2 Å². The van der Waals surface area contributed by atoms with Gasteiger partial charge >= 0.3 is 6.18 Å². The molecule has 1 aliphatic rings. The molecule has 1 fully saturated rings. The van der Waals surface area contributed by atoms with Crippen LogP contribution in [0.15, 0.2) is 18.2 Å². The molecule has 0 aromatic heterocycles. The van der Waals surface area contributed by atoms with Crippen molar-refractivity contribution in [2.45, 2.75) is 25.1 Å². The van der Waals surface area contributed by atoms with Gasteiger partial charge in [-0.15, -0.1) is 0 Å². The first kappa shape index (κ1) is 15.1. The lowest BCUT2D eigenvalue weighted by atomic mass is 10.1. The second kappa shape index (κ2) is 5.57. The molecule has 0 atom stereocenters. The van der Waals surface area contributed by atoms with Crippen LogP contribution in [-0.2, 0) is 6.18 Å². The maximum atomic E-state index is 12.9. The summed E-state index contributed by atoms with van der Waals surface area (Å²) in [5.41, 5.74) is 5.02. The number of hydrogen-bond acceptors (Lipinski definition) is 3. The number of benzene rings is 1. The molecule has 1 aromatic rings. The summed E-state index contributed by atoms with van der Waals surface area (Å²) in [5.74, 6) is 0. The Bertz CT molecular complexity index is 515. The van der Waals surface area contributed by atoms with E-state index in [2.05, 4.69) is 0 Å². The highest BCUT2D eigenvalue weighted by Crippen LogP contribution is 2.36. The Balaban J connectivity index is 2.41. The predicted molar refractivity (Wildman–Crippen MR) is 74.8 cm³/mol. The van der Waals surface area contributed by atoms with Gasteiger partial charge in [-0.05, 0) is 31.0 Å². The van der Waals surface area contributed by atoms with Crippen LogP contribution < -0.4 is 10.6 Å². The van der Waals surface area contributed by atoms with Gasteiger partial charge in [0, 0.05) is 23.8 Å². The van der Waals surface area contributed by atoms with Gasteiger partial charge in [-0.3, -0.25) is 0 Å². The summed E-state index contributed by atoms with van der Waals surface area (Å²) in [6.07, 6.45) is -2.54. The van der Waals surface area contributed by atoms with E-state index in [0.717, 1.165) is 18.9 Å². The zero-order valence-electron chi connectivity index (χ0n) is 10.7. The summed E-state index contributed by atoms with van der Waals surface area (Å²) in [5, 5.41) is 9.06. The van der Waals surface area contributed by atoms with Crippen LogP contribution in [0.1, 0.15) is 24.0 Å². The topological polar surface area (TPSA) is 49.5 Å². The minimum atomic E-state index is -4.49. The molecule has 0 aliphatic heterocycles. The highest BCUT2D eigenvalue weighted by molar-refractivity contribution is 7.80. The van der Waals surface area contributed by atoms with E-state index in [4.69, 9.17) is 23.1 Å². The van der Waals surface area contributed by atoms with Crippen LogP contribution >= 0.6 is 12.2 Å². The molecule has 0 radical (unpaired) electrons. The van der Waals surface area contributed by atoms with Gasteiger partial charge in [0.05, 0.1) is 12.2 Å². The number of rotatable bonds is 5. The number of nitrogens with two attached hydrogens (primary N) is 1. The minimum Gasteiger partial charge on any atom is -0.395 e. The summed E-state index contributed by atoms with van der Waals surface area (Å²) < 4.78 is 38.7. The number of nitrogens with zero attached hydrogens (tertiary/aromatic N) is 1. The first-order valence-electron chi connectivity index (χ1n) is 6.23. The van der Waals surface area contributed by atoms with E-state index in [1.54, 1.807) is 0 Å². The molecule has 0 heterocycles. The maximum Gasteiger partial charge on any atom is 0.417 e. The maximum absolute atomic E-state index is 12.9. The highest BCUT2D eigenvalue weighted by atomic mass is 32.1. The first-order chi connectivity index (χ1) is 9.34. The predicted octanol–water partition coefficient (Wildman–Crippen LogP) is 2.30. The average Bonchev–Trinajstić information content (AvgIpc) is 3.18. The van der Waals surface area contributed by atoms with E-state index in [1.165, 1.54) is 12.1 Å². The lowest BCUT2D eigenvalue weighted by Crippen LogP contribution is -2.29. The molecule has 110 valence electrons. The first-order valence-corrected chi connectivity index (χ1v) is 6.64. The molecule has 2 rings (SSSR count). The largest absolute Gasteiger partial charge is 0.417 e. The fraction of sp³-hybridized carbons (Fsp3) is 0.462. The summed E-state index contributed by atoms with van der Waals surface area (Å²) in [7, 11) is 0. The van der Waals surface area contributed by atoms with Crippen LogP contribution in [-0.4, -0.2) is 29.3 Å². The van der Waals surface area contributed by atoms with Gasteiger partial charge in [-0.1, -0.05) is 12.2 Å². The summed E-state index contributed by atoms with van der Waals surface area (Å²) in [6, 6.07) is 4.03. The van der Waals surface area contributed by atoms with Crippen molar-refractivity contribution in [1.29, 1.82) is 0 Å². The quantitative estimate of drug-likeness (QED) is 0.820. The number of halogens is 3. The van der Waals surface area contributed by atoms with Crippen LogP contribution in [0.4, 0.5) is 18.9 Å². The Morgan fingerprint density at radius 3 is 2.50 bits per heavy atom. The van der Waals surface area contributed by atoms with Crippen molar-refractivity contribution in [2.24, 2.45) is 5.73 Å². The SMILES string of the molecule is NC(=S)c1cc(N(CCO)C2CC2)ccc1C(F)(F)F. The van der Waals surface area contributed by atoms with Crippen LogP contribution in [0.5, 0.6) is 0 Å². The second-order valence-electron chi connectivity index (χ2n) is 4.74. The van der Waals surface area contributed by atoms with Crippen molar-refractivity contribution in [1.82, 2.24) is 0 Å². The molecule has 1 saturated carbocycles. The van der Waals surface area contributed by atoms with Crippen LogP contribution in [0.25, 0.3) is 0 Å². The van der Waals surface area contributed by atoms with Crippen molar-refractivity contribution >= 4 is 22.9 Å². The van der Waals surface area contributed by atoms with Gasteiger partial charge < -0.3 is 15.7 Å². The minimum absolute atomic E-state index is 0.0556. The van der Waals surface area contributed by atoms with Crippen molar-refractivity contribution in [3.63, 3.8) is 0 Å². The van der Waals surface area contributed by atoms with Gasteiger partial charge in [0.2, 0.25) is 0 Å². The lowest BCUT2D eigenvalue weighted by molar-refractivity contribution is -0.137. The molecule has 3 nitrogen and oxygen atoms in total. The van der Waals surface area contributed by atoms with Gasteiger partial charge in [-0.25, -0.2) is 0 Å². The Labute approximate surface area is 120 Å². The Hall–Kier alpha value is -1.34. The molecule has 1 aromatic carbocycles. The molecule has 0 saturated heterocycles. The van der Waals surface area contributed by atoms with Gasteiger partial charge in [0.15, 0.2) is 0 Å². The average molecular weight is 304 g/mol. The molecule has 1 aliphatic carbocycles. The fourth-order valence-corrected chi connectivity index (χ4v) is 2.35. The summed E-state index contributed by atoms with van der Waals surface area (Å²) >= 11 is 4.72. The number of thiocarbonyl (C=S) groups is 1. The number of aliphatic hydroxyl groups excluding tert-OH is 1. The molecule has 7 heteroatoms. The Morgan fingerprint density at radius 2 is 2.05 bits per heavy atom. The van der Waals surface area contributed by atoms with Crippen molar-refractivity contribution in [2.75, 3.05) is 18.1 Å². The molecule has 0 amide bonds. The molecule has 0 unspecified atom stereocenters. The number of alkyl halides is 3. The van der Waals surface area contributed by atoms with E-state index in [-0.39, 0.29) is 23.2 Å². The van der Waals surface area contributed by atoms with Gasteiger partial charge in [-0.2, -0.15) is 13.2 Å². The standard InChI is InChI=1S/C13H15F3N2OS/c14-13(15,16)11-4-3-9(7-10(11)12(17)20)18(5-6-19)8-1-2-8/h3-4,7-8,19H,1-2,5-6H2,(H2,17,20). The Kier molecular flexibility index (Phi) is 4.19. The second-order valence-corrected chi connectivity index (χ2v) is 5.18. The third-order valence-corrected chi connectivity index (χ3v) is 3.45. The van der Waals surface area contributed by atoms with Crippen molar-refractivity contribution < 1.29 is 18.3 Å². The van der Waals surface area contributed by atoms with E-state index in [0.29, 0.717) is 12.2 Å². The zero-order valence-corrected chi connectivity index (χ0v) is 11.5. The van der Waals surface area contributed by atoms with E-state index < -0.39 is 11.7 Å². The van der Waals surface area contributed by atoms with Crippen LogP contribution in [0.3, 0.4) is 0 Å². The van der Waals surface area contributed by atoms with Crippen molar-refractivity contribution in [3.05, 3.63) is 29.3 Å². The van der Waals surface area contributed by atoms with Crippen LogP contribution in [0.2, 0.25) is 0 Å². The van der Waals surface area contributed by atoms with Crippen LogP contribution in [0, 0.1) is 0 Å². The van der Waals surface area contributed by atoms with Gasteiger partial charge in [0.25, 0.3) is 0 Å². The lowest BCUT2D eigenvalue weighted by Gasteiger charge is -2.25. The molecule has 0 spiro atoms. The normalized spacial score (nSPS) is 15.2. The van der Waals surface area contributed by atoms with Gasteiger partial charge in [0.1, 0.15) is 4.99 Å². The van der Waals surface area contributed by atoms with Crippen molar-refractivity contribution in [3.8, 4) is 0 Å². The smallest absolute Gasteiger partial charge is 0.395 e. The van der Waals surface area contributed by atoms with E-state index in [1.807, 2.05) is 4.90 Å². The summed E-state index contributed by atoms with van der Waals surface area (Å²) in [4.78, 5) is 1.61. The molecular formula is C13H15F3N2OS. The molecular weight excluding hydrogens is 289 g/mol. The molecule has 20 heavy (non-hydrogen) atoms. The zero-order chi connectivity index (χ0) is 14.9. The Morgan fingerprint density at radius 1 is 1.40 bits per heavy atom. The molecule has 0 bridgehead atoms. The summed E-state index contributed by atoms with van der Waals surface area (Å²) in [6.45, 7) is 0.326.